The molecule has 1 aliphatic carbocycles. The van der Waals surface area contributed by atoms with Crippen molar-refractivity contribution >= 4 is 11.8 Å². The zero-order valence-corrected chi connectivity index (χ0v) is 16.1. The smallest absolute Gasteiger partial charge is 0.303 e. The van der Waals surface area contributed by atoms with E-state index in [2.05, 4.69) is 0 Å². The maximum Gasteiger partial charge on any atom is 0.303 e. The van der Waals surface area contributed by atoms with Crippen molar-refractivity contribution < 1.29 is 28.6 Å². The lowest BCUT2D eigenvalue weighted by Crippen LogP contribution is -2.31. The fraction of sp³-hybridized carbons (Fsp3) is 0.619. The van der Waals surface area contributed by atoms with E-state index in [1.807, 2.05) is 19.9 Å². The molecule has 27 heavy (non-hydrogen) atoms. The Bertz CT molecular complexity index is 605. The molecule has 0 aromatic rings. The number of carbonyl (C=O) groups excluding carboxylic acids is 1. The summed E-state index contributed by atoms with van der Waals surface area (Å²) in [4.78, 5) is 22.6. The number of Topliss-reactive ketones (excluding diaryl/α,β-unsaturated/α-hetero) is 1. The lowest BCUT2D eigenvalue weighted by Gasteiger charge is -2.19. The zero-order valence-electron chi connectivity index (χ0n) is 16.1. The van der Waals surface area contributed by atoms with E-state index in [0.29, 0.717) is 49.3 Å². The number of halogens is 2. The summed E-state index contributed by atoms with van der Waals surface area (Å²) >= 11 is 0. The highest BCUT2D eigenvalue weighted by Gasteiger charge is 2.35. The van der Waals surface area contributed by atoms with Gasteiger partial charge in [0.05, 0.1) is 0 Å². The van der Waals surface area contributed by atoms with Crippen LogP contribution in [0.2, 0.25) is 0 Å². The molecule has 0 saturated carbocycles. The van der Waals surface area contributed by atoms with Crippen molar-refractivity contribution in [1.29, 1.82) is 0 Å². The van der Waals surface area contributed by atoms with Gasteiger partial charge in [-0.1, -0.05) is 44.9 Å². The van der Waals surface area contributed by atoms with Crippen LogP contribution in [-0.2, 0) is 9.59 Å². The van der Waals surface area contributed by atoms with E-state index in [0.717, 1.165) is 6.42 Å². The molecule has 4 nitrogen and oxygen atoms in total. The third kappa shape index (κ3) is 7.75. The summed E-state index contributed by atoms with van der Waals surface area (Å²) in [5, 5.41) is 18.3. The first-order chi connectivity index (χ1) is 12.7. The number of carboxylic acids is 1. The van der Waals surface area contributed by atoms with Gasteiger partial charge in [0, 0.05) is 18.4 Å². The number of aliphatic hydroxyl groups excluding tert-OH is 1. The highest BCUT2D eigenvalue weighted by Crippen LogP contribution is 2.34. The molecule has 0 amide bonds. The molecule has 2 N–H and O–H groups in total. The number of hydrogen-bond acceptors (Lipinski definition) is 3. The number of aliphatic carboxylic acids is 1. The Morgan fingerprint density at radius 2 is 2.04 bits per heavy atom. The maximum absolute atomic E-state index is 14.1. The largest absolute Gasteiger partial charge is 0.481 e. The lowest BCUT2D eigenvalue weighted by atomic mass is 9.99. The van der Waals surface area contributed by atoms with Gasteiger partial charge in [0.15, 0.2) is 5.78 Å². The number of aliphatic hydroxyl groups is 1. The summed E-state index contributed by atoms with van der Waals surface area (Å²) < 4.78 is 28.2. The second-order valence-electron chi connectivity index (χ2n) is 7.09. The van der Waals surface area contributed by atoms with Crippen molar-refractivity contribution in [2.75, 3.05) is 0 Å². The van der Waals surface area contributed by atoms with Crippen LogP contribution in [0.15, 0.2) is 35.5 Å². The normalized spacial score (nSPS) is 19.6. The summed E-state index contributed by atoms with van der Waals surface area (Å²) in [7, 11) is 0. The molecule has 1 aliphatic rings. The Kier molecular flexibility index (Phi) is 9.56. The van der Waals surface area contributed by atoms with Gasteiger partial charge < -0.3 is 10.2 Å². The van der Waals surface area contributed by atoms with Crippen LogP contribution in [0.5, 0.6) is 0 Å². The molecule has 0 bridgehead atoms. The molecule has 0 fully saturated rings. The van der Waals surface area contributed by atoms with Gasteiger partial charge in [-0.25, -0.2) is 0 Å². The van der Waals surface area contributed by atoms with Crippen LogP contribution in [0.25, 0.3) is 0 Å². The first-order valence-corrected chi connectivity index (χ1v) is 9.57. The minimum absolute atomic E-state index is 0.0350. The fourth-order valence-corrected chi connectivity index (χ4v) is 3.06. The Hall–Kier alpha value is -1.82. The van der Waals surface area contributed by atoms with Crippen molar-refractivity contribution in [3.8, 4) is 0 Å². The molecule has 0 saturated heterocycles. The second-order valence-corrected chi connectivity index (χ2v) is 7.09. The number of rotatable bonds is 12. The van der Waals surface area contributed by atoms with Gasteiger partial charge >= 0.3 is 5.97 Å². The third-order valence-electron chi connectivity index (χ3n) is 4.72. The standard InChI is InChI=1S/C21H30F2O4/c1-3-4-10-19(25)21(22,23)13-12-16-15(2)14-18(24)17(16)9-7-5-6-8-11-20(26)27/h5,7,12-13,15,19,25H,3-4,6,8-11,14H2,1-2H3,(H,26,27). The van der Waals surface area contributed by atoms with Crippen molar-refractivity contribution in [3.05, 3.63) is 35.5 Å². The first-order valence-electron chi connectivity index (χ1n) is 9.57. The molecule has 0 spiro atoms. The van der Waals surface area contributed by atoms with Crippen LogP contribution in [0.1, 0.15) is 65.2 Å². The number of carbonyl (C=O) groups is 2. The summed E-state index contributed by atoms with van der Waals surface area (Å²) in [6, 6.07) is 0. The third-order valence-corrected chi connectivity index (χ3v) is 4.72. The van der Waals surface area contributed by atoms with Crippen molar-refractivity contribution in [1.82, 2.24) is 0 Å². The summed E-state index contributed by atoms with van der Waals surface area (Å²) in [6.45, 7) is 3.70. The average molecular weight is 384 g/mol. The van der Waals surface area contributed by atoms with Gasteiger partial charge in [0.2, 0.25) is 0 Å². The molecular formula is C21H30F2O4. The van der Waals surface area contributed by atoms with Crippen LogP contribution in [0, 0.1) is 5.92 Å². The van der Waals surface area contributed by atoms with Gasteiger partial charge in [-0.15, -0.1) is 0 Å². The number of unbranched alkanes of at least 4 members (excludes halogenated alkanes) is 2. The SMILES string of the molecule is CCCCC(O)C(F)(F)C=CC1=C(CC=CCCCC(=O)O)C(=O)CC1C. The van der Waals surface area contributed by atoms with Crippen molar-refractivity contribution in [2.24, 2.45) is 5.92 Å². The molecule has 6 heteroatoms. The number of alkyl halides is 2. The van der Waals surface area contributed by atoms with E-state index in [1.165, 1.54) is 6.08 Å². The Balaban J connectivity index is 2.78. The van der Waals surface area contributed by atoms with E-state index in [9.17, 15) is 23.5 Å². The molecule has 0 aliphatic heterocycles. The van der Waals surface area contributed by atoms with E-state index in [4.69, 9.17) is 5.11 Å². The Labute approximate surface area is 159 Å². The first kappa shape index (κ1) is 23.2. The van der Waals surface area contributed by atoms with Gasteiger partial charge in [0.1, 0.15) is 6.10 Å². The summed E-state index contributed by atoms with van der Waals surface area (Å²) in [5.41, 5.74) is 1.12. The highest BCUT2D eigenvalue weighted by molar-refractivity contribution is 6.00. The second kappa shape index (κ2) is 11.1. The molecule has 0 heterocycles. The van der Waals surface area contributed by atoms with Crippen molar-refractivity contribution in [3.63, 3.8) is 0 Å². The van der Waals surface area contributed by atoms with Gasteiger partial charge in [0.25, 0.3) is 5.92 Å². The molecule has 0 aromatic carbocycles. The molecule has 0 aromatic heterocycles. The predicted molar refractivity (Wildman–Crippen MR) is 101 cm³/mol. The van der Waals surface area contributed by atoms with Gasteiger partial charge in [-0.2, -0.15) is 8.78 Å². The molecular weight excluding hydrogens is 354 g/mol. The number of ketones is 1. The Morgan fingerprint density at radius 1 is 1.33 bits per heavy atom. The number of hydrogen-bond donors (Lipinski definition) is 2. The monoisotopic (exact) mass is 384 g/mol. The predicted octanol–water partition coefficient (Wildman–Crippen LogP) is 4.84. The topological polar surface area (TPSA) is 74.6 Å². The minimum atomic E-state index is -3.33. The maximum atomic E-state index is 14.1. The van der Waals surface area contributed by atoms with E-state index >= 15 is 0 Å². The van der Waals surface area contributed by atoms with Crippen LogP contribution in [0.4, 0.5) is 8.78 Å². The number of carboxylic acid groups (broad SMARTS) is 1. The lowest BCUT2D eigenvalue weighted by molar-refractivity contribution is -0.137. The molecule has 1 rings (SSSR count). The van der Waals surface area contributed by atoms with E-state index in [-0.39, 0.29) is 24.5 Å². The van der Waals surface area contributed by atoms with Crippen LogP contribution in [0.3, 0.4) is 0 Å². The summed E-state index contributed by atoms with van der Waals surface area (Å²) in [5.74, 6) is -4.36. The molecule has 152 valence electrons. The summed E-state index contributed by atoms with van der Waals surface area (Å²) in [6.07, 6.45) is 7.03. The van der Waals surface area contributed by atoms with E-state index in [1.54, 1.807) is 6.08 Å². The van der Waals surface area contributed by atoms with Crippen LogP contribution in [-0.4, -0.2) is 34.0 Å². The minimum Gasteiger partial charge on any atom is -0.481 e. The van der Waals surface area contributed by atoms with Gasteiger partial charge in [-0.05, 0) is 43.3 Å². The molecule has 2 atom stereocenters. The fourth-order valence-electron chi connectivity index (χ4n) is 3.06. The number of allylic oxidation sites excluding steroid dienone is 5. The molecule has 2 unspecified atom stereocenters. The van der Waals surface area contributed by atoms with Crippen LogP contribution >= 0.6 is 0 Å². The van der Waals surface area contributed by atoms with Gasteiger partial charge in [-0.3, -0.25) is 9.59 Å². The zero-order chi connectivity index (χ0) is 20.4. The quantitative estimate of drug-likeness (QED) is 0.373. The average Bonchev–Trinajstić information content (AvgIpc) is 2.86. The Morgan fingerprint density at radius 3 is 2.67 bits per heavy atom. The van der Waals surface area contributed by atoms with Crippen LogP contribution < -0.4 is 0 Å². The van der Waals surface area contributed by atoms with E-state index < -0.39 is 18.0 Å². The molecule has 0 radical (unpaired) electrons. The van der Waals surface area contributed by atoms with Crippen molar-refractivity contribution in [2.45, 2.75) is 77.2 Å². The highest BCUT2D eigenvalue weighted by atomic mass is 19.3.